The number of thiophene rings is 1. The maximum absolute atomic E-state index is 12.9. The molecule has 1 atom stereocenters. The molecule has 0 saturated carbocycles. The molecule has 0 spiro atoms. The van der Waals surface area contributed by atoms with Crippen molar-refractivity contribution in [3.8, 4) is 0 Å². The Labute approximate surface area is 160 Å². The average Bonchev–Trinajstić information content (AvgIpc) is 3.15. The lowest BCUT2D eigenvalue weighted by molar-refractivity contribution is -0.123. The molecule has 3 rings (SSSR count). The standard InChI is InChI=1S/C18H18ClN3O3S/c1-3-22(10-13-7-8-14(19)26-13)15(23)11-5-4-6-12(9-11)18(2)16(24)20-17(25)21-18/h4-9H,3,10H2,1-2H3,(H2,20,21,24,25). The summed E-state index contributed by atoms with van der Waals surface area (Å²) in [6.07, 6.45) is 0. The summed E-state index contributed by atoms with van der Waals surface area (Å²) in [7, 11) is 0. The fraction of sp³-hybridized carbons (Fsp3) is 0.278. The number of imide groups is 1. The number of carbonyl (C=O) groups is 3. The summed E-state index contributed by atoms with van der Waals surface area (Å²) in [5.41, 5.74) is -0.171. The third-order valence-electron chi connectivity index (χ3n) is 4.38. The van der Waals surface area contributed by atoms with Gasteiger partial charge in [0.1, 0.15) is 5.54 Å². The van der Waals surface area contributed by atoms with Gasteiger partial charge in [0, 0.05) is 17.0 Å². The Balaban J connectivity index is 1.85. The molecule has 136 valence electrons. The highest BCUT2D eigenvalue weighted by molar-refractivity contribution is 7.16. The second-order valence-corrected chi connectivity index (χ2v) is 7.94. The van der Waals surface area contributed by atoms with E-state index in [1.807, 2.05) is 19.1 Å². The first-order valence-corrected chi connectivity index (χ1v) is 9.30. The number of urea groups is 1. The van der Waals surface area contributed by atoms with E-state index in [1.54, 1.807) is 36.1 Å². The predicted molar refractivity (Wildman–Crippen MR) is 100 cm³/mol. The number of amides is 4. The summed E-state index contributed by atoms with van der Waals surface area (Å²) in [6, 6.07) is 9.95. The Morgan fingerprint density at radius 2 is 2.04 bits per heavy atom. The number of benzene rings is 1. The van der Waals surface area contributed by atoms with Crippen LogP contribution in [0.15, 0.2) is 36.4 Å². The van der Waals surface area contributed by atoms with Crippen molar-refractivity contribution in [2.75, 3.05) is 6.54 Å². The van der Waals surface area contributed by atoms with E-state index in [4.69, 9.17) is 11.6 Å². The van der Waals surface area contributed by atoms with Crippen molar-refractivity contribution in [3.63, 3.8) is 0 Å². The lowest BCUT2D eigenvalue weighted by atomic mass is 9.91. The number of nitrogens with one attached hydrogen (secondary N) is 2. The molecule has 0 radical (unpaired) electrons. The van der Waals surface area contributed by atoms with Gasteiger partial charge in [-0.2, -0.15) is 0 Å². The molecule has 1 aliphatic rings. The van der Waals surface area contributed by atoms with E-state index in [0.717, 1.165) is 4.88 Å². The molecule has 4 amide bonds. The first-order chi connectivity index (χ1) is 12.3. The minimum atomic E-state index is -1.19. The predicted octanol–water partition coefficient (Wildman–Crippen LogP) is 3.12. The zero-order chi connectivity index (χ0) is 18.9. The van der Waals surface area contributed by atoms with E-state index < -0.39 is 17.5 Å². The summed E-state index contributed by atoms with van der Waals surface area (Å²) >= 11 is 7.40. The van der Waals surface area contributed by atoms with Crippen LogP contribution in [0.2, 0.25) is 4.34 Å². The molecule has 2 N–H and O–H groups in total. The van der Waals surface area contributed by atoms with Gasteiger partial charge < -0.3 is 10.2 Å². The maximum Gasteiger partial charge on any atom is 0.322 e. The molecule has 26 heavy (non-hydrogen) atoms. The molecule has 2 aromatic rings. The van der Waals surface area contributed by atoms with Gasteiger partial charge in [0.15, 0.2) is 0 Å². The van der Waals surface area contributed by atoms with Gasteiger partial charge in [-0.05, 0) is 43.7 Å². The normalized spacial score (nSPS) is 19.2. The Bertz CT molecular complexity index is 882. The van der Waals surface area contributed by atoms with Gasteiger partial charge in [0.25, 0.3) is 11.8 Å². The van der Waals surface area contributed by atoms with Crippen LogP contribution in [-0.4, -0.2) is 29.3 Å². The van der Waals surface area contributed by atoms with E-state index in [-0.39, 0.29) is 5.91 Å². The van der Waals surface area contributed by atoms with E-state index in [2.05, 4.69) is 10.6 Å². The smallest absolute Gasteiger partial charge is 0.322 e. The third kappa shape index (κ3) is 3.45. The molecule has 2 heterocycles. The first kappa shape index (κ1) is 18.4. The maximum atomic E-state index is 12.9. The molecule has 1 aliphatic heterocycles. The highest BCUT2D eigenvalue weighted by atomic mass is 35.5. The van der Waals surface area contributed by atoms with Crippen LogP contribution in [0.3, 0.4) is 0 Å². The van der Waals surface area contributed by atoms with Gasteiger partial charge in [0.2, 0.25) is 0 Å². The van der Waals surface area contributed by atoms with Gasteiger partial charge in [-0.15, -0.1) is 11.3 Å². The van der Waals surface area contributed by atoms with Gasteiger partial charge in [-0.3, -0.25) is 14.9 Å². The van der Waals surface area contributed by atoms with Crippen LogP contribution in [0.5, 0.6) is 0 Å². The third-order valence-corrected chi connectivity index (χ3v) is 5.59. The Hall–Kier alpha value is -2.38. The zero-order valence-electron chi connectivity index (χ0n) is 14.3. The molecule has 1 saturated heterocycles. The first-order valence-electron chi connectivity index (χ1n) is 8.11. The Morgan fingerprint density at radius 1 is 1.27 bits per heavy atom. The zero-order valence-corrected chi connectivity index (χ0v) is 15.9. The van der Waals surface area contributed by atoms with Crippen molar-refractivity contribution in [2.24, 2.45) is 0 Å². The number of hydrogen-bond acceptors (Lipinski definition) is 4. The van der Waals surface area contributed by atoms with E-state index in [1.165, 1.54) is 11.3 Å². The highest BCUT2D eigenvalue weighted by Crippen LogP contribution is 2.26. The molecular formula is C18H18ClN3O3S. The molecule has 8 heteroatoms. The number of nitrogens with zero attached hydrogens (tertiary/aromatic N) is 1. The van der Waals surface area contributed by atoms with Crippen LogP contribution in [0.25, 0.3) is 0 Å². The van der Waals surface area contributed by atoms with Crippen LogP contribution in [0, 0.1) is 0 Å². The molecule has 1 unspecified atom stereocenters. The number of rotatable bonds is 5. The van der Waals surface area contributed by atoms with Crippen LogP contribution < -0.4 is 10.6 Å². The summed E-state index contributed by atoms with van der Waals surface area (Å²) in [5, 5.41) is 4.84. The molecule has 1 fully saturated rings. The largest absolute Gasteiger partial charge is 0.334 e. The minimum Gasteiger partial charge on any atom is -0.334 e. The molecule has 0 bridgehead atoms. The highest BCUT2D eigenvalue weighted by Gasteiger charge is 2.43. The van der Waals surface area contributed by atoms with Gasteiger partial charge in [0.05, 0.1) is 10.9 Å². The summed E-state index contributed by atoms with van der Waals surface area (Å²) in [4.78, 5) is 39.2. The van der Waals surface area contributed by atoms with E-state index in [9.17, 15) is 14.4 Å². The number of halogens is 1. The SMILES string of the molecule is CCN(Cc1ccc(Cl)s1)C(=O)c1cccc(C2(C)NC(=O)NC2=O)c1. The Morgan fingerprint density at radius 3 is 2.62 bits per heavy atom. The van der Waals surface area contributed by atoms with Crippen molar-refractivity contribution in [1.82, 2.24) is 15.5 Å². The second-order valence-electron chi connectivity index (χ2n) is 6.14. The quantitative estimate of drug-likeness (QED) is 0.768. The molecular weight excluding hydrogens is 374 g/mol. The van der Waals surface area contributed by atoms with E-state index in [0.29, 0.717) is 28.6 Å². The van der Waals surface area contributed by atoms with Crippen molar-refractivity contribution in [3.05, 3.63) is 56.7 Å². The molecule has 0 aliphatic carbocycles. The molecule has 1 aromatic heterocycles. The Kier molecular flexibility index (Phi) is 5.02. The fourth-order valence-electron chi connectivity index (χ4n) is 2.84. The van der Waals surface area contributed by atoms with E-state index >= 15 is 0 Å². The second kappa shape index (κ2) is 7.09. The lowest BCUT2D eigenvalue weighted by Gasteiger charge is -2.24. The fourth-order valence-corrected chi connectivity index (χ4v) is 3.95. The number of hydrogen-bond donors (Lipinski definition) is 2. The molecule has 6 nitrogen and oxygen atoms in total. The van der Waals surface area contributed by atoms with Crippen LogP contribution in [0.4, 0.5) is 4.79 Å². The minimum absolute atomic E-state index is 0.146. The summed E-state index contributed by atoms with van der Waals surface area (Å²) in [6.45, 7) is 4.52. The topological polar surface area (TPSA) is 78.5 Å². The summed E-state index contributed by atoms with van der Waals surface area (Å²) in [5.74, 6) is -0.583. The van der Waals surface area contributed by atoms with Gasteiger partial charge in [-0.25, -0.2) is 4.79 Å². The van der Waals surface area contributed by atoms with Crippen molar-refractivity contribution < 1.29 is 14.4 Å². The monoisotopic (exact) mass is 391 g/mol. The van der Waals surface area contributed by atoms with Crippen LogP contribution in [-0.2, 0) is 16.9 Å². The average molecular weight is 392 g/mol. The summed E-state index contributed by atoms with van der Waals surface area (Å²) < 4.78 is 0.682. The van der Waals surface area contributed by atoms with Crippen molar-refractivity contribution >= 4 is 40.8 Å². The number of carbonyl (C=O) groups excluding carboxylic acids is 3. The van der Waals surface area contributed by atoms with Crippen molar-refractivity contribution in [2.45, 2.75) is 25.9 Å². The van der Waals surface area contributed by atoms with Crippen LogP contribution in [0.1, 0.15) is 34.6 Å². The lowest BCUT2D eigenvalue weighted by Crippen LogP contribution is -2.40. The molecule has 1 aromatic carbocycles. The van der Waals surface area contributed by atoms with Crippen molar-refractivity contribution in [1.29, 1.82) is 0 Å². The van der Waals surface area contributed by atoms with Crippen LogP contribution >= 0.6 is 22.9 Å². The van der Waals surface area contributed by atoms with Gasteiger partial charge >= 0.3 is 6.03 Å². The van der Waals surface area contributed by atoms with Gasteiger partial charge in [-0.1, -0.05) is 23.7 Å².